The number of benzene rings is 1. The van der Waals surface area contributed by atoms with Gasteiger partial charge < -0.3 is 14.6 Å². The highest BCUT2D eigenvalue weighted by molar-refractivity contribution is 7.90. The normalized spacial score (nSPS) is 13.7. The molecule has 0 fully saturated rings. The SMILES string of the molecule is COC(=O)c1c(CC(=O)N2CCCc3cc(S(C)(=O)=O)ccc32)[nH]c(C(C)=O)c1C. The number of aromatic amines is 1. The van der Waals surface area contributed by atoms with Gasteiger partial charge in [-0.3, -0.25) is 9.59 Å². The van der Waals surface area contributed by atoms with Crippen LogP contribution in [0, 0.1) is 6.92 Å². The summed E-state index contributed by atoms with van der Waals surface area (Å²) in [5.41, 5.74) is 2.70. The average molecular weight is 432 g/mol. The Labute approximate surface area is 175 Å². The lowest BCUT2D eigenvalue weighted by atomic mass is 10.0. The summed E-state index contributed by atoms with van der Waals surface area (Å²) in [5, 5.41) is 0. The number of nitrogens with zero attached hydrogens (tertiary/aromatic N) is 1. The number of aryl methyl sites for hydroxylation is 1. The van der Waals surface area contributed by atoms with Gasteiger partial charge in [0.1, 0.15) is 0 Å². The molecule has 1 amide bonds. The number of hydrogen-bond donors (Lipinski definition) is 1. The zero-order chi connectivity index (χ0) is 22.2. The Kier molecular flexibility index (Phi) is 5.85. The van der Waals surface area contributed by atoms with Crippen molar-refractivity contribution in [2.24, 2.45) is 0 Å². The molecule has 30 heavy (non-hydrogen) atoms. The molecule has 0 saturated carbocycles. The number of anilines is 1. The lowest BCUT2D eigenvalue weighted by Gasteiger charge is -2.30. The van der Waals surface area contributed by atoms with Crippen LogP contribution in [0.1, 0.15) is 51.0 Å². The summed E-state index contributed by atoms with van der Waals surface area (Å²) in [6, 6.07) is 4.74. The largest absolute Gasteiger partial charge is 0.465 e. The number of esters is 1. The molecule has 8 nitrogen and oxygen atoms in total. The van der Waals surface area contributed by atoms with E-state index < -0.39 is 15.8 Å². The highest BCUT2D eigenvalue weighted by Crippen LogP contribution is 2.30. The van der Waals surface area contributed by atoms with Gasteiger partial charge in [-0.1, -0.05) is 0 Å². The number of carbonyl (C=O) groups excluding carboxylic acids is 3. The predicted molar refractivity (Wildman–Crippen MR) is 111 cm³/mol. The third-order valence-corrected chi connectivity index (χ3v) is 6.41. The third kappa shape index (κ3) is 4.02. The fourth-order valence-corrected chi connectivity index (χ4v) is 4.50. The highest BCUT2D eigenvalue weighted by Gasteiger charge is 2.28. The number of ketones is 1. The van der Waals surface area contributed by atoms with Crippen LogP contribution in [0.15, 0.2) is 23.1 Å². The van der Waals surface area contributed by atoms with Crippen molar-refractivity contribution in [3.8, 4) is 0 Å². The van der Waals surface area contributed by atoms with E-state index in [2.05, 4.69) is 4.98 Å². The van der Waals surface area contributed by atoms with Crippen LogP contribution < -0.4 is 4.90 Å². The van der Waals surface area contributed by atoms with Crippen molar-refractivity contribution in [2.45, 2.75) is 38.0 Å². The molecule has 9 heteroatoms. The first-order valence-electron chi connectivity index (χ1n) is 9.48. The van der Waals surface area contributed by atoms with Crippen molar-refractivity contribution in [1.29, 1.82) is 0 Å². The van der Waals surface area contributed by atoms with Crippen LogP contribution in [0.25, 0.3) is 0 Å². The number of ether oxygens (including phenoxy) is 1. The molecule has 3 rings (SSSR count). The standard InChI is InChI=1S/C21H24N2O6S/c1-12-19(21(26)29-3)16(22-20(12)13(2)24)11-18(25)23-9-5-6-14-10-15(30(4,27)28)7-8-17(14)23/h7-8,10,22H,5-6,9,11H2,1-4H3. The van der Waals surface area contributed by atoms with Crippen molar-refractivity contribution in [3.05, 3.63) is 46.3 Å². The Morgan fingerprint density at radius 2 is 1.93 bits per heavy atom. The molecule has 0 spiro atoms. The molecule has 0 aliphatic carbocycles. The van der Waals surface area contributed by atoms with Crippen LogP contribution in [0.4, 0.5) is 5.69 Å². The molecule has 1 aliphatic heterocycles. The number of H-pyrrole nitrogens is 1. The maximum absolute atomic E-state index is 13.1. The number of Topliss-reactive ketones (excluding diaryl/α,β-unsaturated/α-hetero) is 1. The number of nitrogens with one attached hydrogen (secondary N) is 1. The Hall–Kier alpha value is -2.94. The number of amides is 1. The van der Waals surface area contributed by atoms with Crippen molar-refractivity contribution >= 4 is 33.2 Å². The van der Waals surface area contributed by atoms with Crippen molar-refractivity contribution in [1.82, 2.24) is 4.98 Å². The molecule has 0 radical (unpaired) electrons. The summed E-state index contributed by atoms with van der Waals surface area (Å²) in [6.07, 6.45) is 2.39. The first-order chi connectivity index (χ1) is 14.0. The Balaban J connectivity index is 1.96. The van der Waals surface area contributed by atoms with E-state index in [0.717, 1.165) is 11.8 Å². The quantitative estimate of drug-likeness (QED) is 0.573. The summed E-state index contributed by atoms with van der Waals surface area (Å²) in [6.45, 7) is 3.50. The first kappa shape index (κ1) is 21.8. The van der Waals surface area contributed by atoms with E-state index >= 15 is 0 Å². The number of fused-ring (bicyclic) bond motifs is 1. The molecule has 0 unspecified atom stereocenters. The van der Waals surface area contributed by atoms with Crippen LogP contribution in [-0.4, -0.2) is 51.0 Å². The van der Waals surface area contributed by atoms with Gasteiger partial charge in [-0.15, -0.1) is 0 Å². The van der Waals surface area contributed by atoms with Crippen molar-refractivity contribution in [3.63, 3.8) is 0 Å². The molecule has 0 bridgehead atoms. The molecule has 1 N–H and O–H groups in total. The molecule has 0 atom stereocenters. The predicted octanol–water partition coefficient (Wildman–Crippen LogP) is 2.24. The molecule has 2 heterocycles. The molecule has 1 aliphatic rings. The van der Waals surface area contributed by atoms with Gasteiger partial charge in [0.05, 0.1) is 29.7 Å². The minimum atomic E-state index is -3.34. The van der Waals surface area contributed by atoms with Crippen LogP contribution in [-0.2, 0) is 32.2 Å². The van der Waals surface area contributed by atoms with Gasteiger partial charge in [0.15, 0.2) is 15.6 Å². The van der Waals surface area contributed by atoms with Gasteiger partial charge >= 0.3 is 5.97 Å². The third-order valence-electron chi connectivity index (χ3n) is 5.30. The minimum Gasteiger partial charge on any atom is -0.465 e. The van der Waals surface area contributed by atoms with E-state index in [1.54, 1.807) is 24.0 Å². The number of carbonyl (C=O) groups is 3. The molecular formula is C21H24N2O6S. The highest BCUT2D eigenvalue weighted by atomic mass is 32.2. The van der Waals surface area contributed by atoms with Gasteiger partial charge in [0, 0.05) is 31.1 Å². The average Bonchev–Trinajstić information content (AvgIpc) is 3.01. The van der Waals surface area contributed by atoms with Crippen LogP contribution in [0.2, 0.25) is 0 Å². The zero-order valence-corrected chi connectivity index (χ0v) is 18.2. The zero-order valence-electron chi connectivity index (χ0n) is 17.4. The van der Waals surface area contributed by atoms with Crippen LogP contribution >= 0.6 is 0 Å². The Morgan fingerprint density at radius 3 is 2.53 bits per heavy atom. The number of methoxy groups -OCH3 is 1. The van der Waals surface area contributed by atoms with E-state index in [4.69, 9.17) is 4.74 Å². The lowest BCUT2D eigenvalue weighted by Crippen LogP contribution is -2.37. The number of rotatable bonds is 5. The molecule has 0 saturated heterocycles. The smallest absolute Gasteiger partial charge is 0.339 e. The maximum atomic E-state index is 13.1. The molecule has 1 aromatic heterocycles. The molecule has 2 aromatic rings. The van der Waals surface area contributed by atoms with Crippen molar-refractivity contribution < 1.29 is 27.5 Å². The summed E-state index contributed by atoms with van der Waals surface area (Å²) < 4.78 is 28.5. The molecular weight excluding hydrogens is 408 g/mol. The summed E-state index contributed by atoms with van der Waals surface area (Å²) >= 11 is 0. The van der Waals surface area contributed by atoms with Crippen LogP contribution in [0.3, 0.4) is 0 Å². The van der Waals surface area contributed by atoms with E-state index in [-0.39, 0.29) is 34.3 Å². The van der Waals surface area contributed by atoms with E-state index in [1.807, 2.05) is 0 Å². The molecule has 1 aromatic carbocycles. The minimum absolute atomic E-state index is 0.119. The topological polar surface area (TPSA) is 114 Å². The number of hydrogen-bond acceptors (Lipinski definition) is 6. The second kappa shape index (κ2) is 8.06. The Morgan fingerprint density at radius 1 is 1.23 bits per heavy atom. The Bertz CT molecular complexity index is 1150. The maximum Gasteiger partial charge on any atom is 0.339 e. The van der Waals surface area contributed by atoms with E-state index in [0.29, 0.717) is 36.3 Å². The lowest BCUT2D eigenvalue weighted by molar-refractivity contribution is -0.118. The summed E-state index contributed by atoms with van der Waals surface area (Å²) in [5.74, 6) is -1.12. The van der Waals surface area contributed by atoms with Gasteiger partial charge in [-0.25, -0.2) is 13.2 Å². The van der Waals surface area contributed by atoms with Crippen molar-refractivity contribution in [2.75, 3.05) is 24.8 Å². The second-order valence-electron chi connectivity index (χ2n) is 7.41. The van der Waals surface area contributed by atoms with Gasteiger partial charge in [0.25, 0.3) is 0 Å². The number of aromatic nitrogens is 1. The molecule has 160 valence electrons. The number of sulfone groups is 1. The van der Waals surface area contributed by atoms with Gasteiger partial charge in [0.2, 0.25) is 5.91 Å². The first-order valence-corrected chi connectivity index (χ1v) is 11.4. The fraction of sp³-hybridized carbons (Fsp3) is 0.381. The van der Waals surface area contributed by atoms with E-state index in [9.17, 15) is 22.8 Å². The monoisotopic (exact) mass is 432 g/mol. The summed E-state index contributed by atoms with van der Waals surface area (Å²) in [4.78, 5) is 42.0. The van der Waals surface area contributed by atoms with Crippen LogP contribution in [0.5, 0.6) is 0 Å². The second-order valence-corrected chi connectivity index (χ2v) is 9.43. The summed E-state index contributed by atoms with van der Waals surface area (Å²) in [7, 11) is -2.10. The van der Waals surface area contributed by atoms with E-state index in [1.165, 1.54) is 20.1 Å². The fourth-order valence-electron chi connectivity index (χ4n) is 3.83. The van der Waals surface area contributed by atoms with Gasteiger partial charge in [-0.2, -0.15) is 0 Å². The van der Waals surface area contributed by atoms with Gasteiger partial charge in [-0.05, 0) is 49.1 Å².